The number of amides is 3. The lowest BCUT2D eigenvalue weighted by atomic mass is 9.96. The molecule has 1 fully saturated rings. The maximum Gasteiger partial charge on any atom is 0.253 e. The number of nitrogens with one attached hydrogen (secondary N) is 2. The standard InChI is InChI=1S/C24H29ClN4O3/c1-3-16(2)21(28-22(30)17-4-6-19(25)7-5-17)23(31)27-20-10-14-29(15-11-20)24(32)18-8-12-26-13-9-18/h4-9,12-13,16,20-21H,3,10-11,14-15H2,1-2H3,(H,27,31)(H,28,30). The van der Waals surface area contributed by atoms with Crippen molar-refractivity contribution in [1.82, 2.24) is 20.5 Å². The summed E-state index contributed by atoms with van der Waals surface area (Å²) in [6.45, 7) is 5.07. The molecule has 170 valence electrons. The molecular weight excluding hydrogens is 428 g/mol. The average molecular weight is 457 g/mol. The minimum Gasteiger partial charge on any atom is -0.351 e. The molecule has 2 unspecified atom stereocenters. The van der Waals surface area contributed by atoms with Crippen LogP contribution in [0.25, 0.3) is 0 Å². The van der Waals surface area contributed by atoms with E-state index < -0.39 is 6.04 Å². The Labute approximate surface area is 193 Å². The third-order valence-corrected chi connectivity index (χ3v) is 6.20. The van der Waals surface area contributed by atoms with E-state index in [0.717, 1.165) is 6.42 Å². The van der Waals surface area contributed by atoms with Crippen LogP contribution in [-0.2, 0) is 4.79 Å². The lowest BCUT2D eigenvalue weighted by Crippen LogP contribution is -2.54. The zero-order chi connectivity index (χ0) is 23.1. The van der Waals surface area contributed by atoms with E-state index in [4.69, 9.17) is 11.6 Å². The number of benzene rings is 1. The molecular formula is C24H29ClN4O3. The number of pyridine rings is 1. The van der Waals surface area contributed by atoms with Crippen molar-refractivity contribution in [3.8, 4) is 0 Å². The van der Waals surface area contributed by atoms with E-state index in [1.807, 2.05) is 13.8 Å². The number of likely N-dealkylation sites (tertiary alicyclic amines) is 1. The quantitative estimate of drug-likeness (QED) is 0.668. The minimum absolute atomic E-state index is 0.0233. The summed E-state index contributed by atoms with van der Waals surface area (Å²) in [6, 6.07) is 9.30. The first-order valence-corrected chi connectivity index (χ1v) is 11.3. The highest BCUT2D eigenvalue weighted by Gasteiger charge is 2.30. The number of piperidine rings is 1. The summed E-state index contributed by atoms with van der Waals surface area (Å²) in [4.78, 5) is 44.0. The van der Waals surface area contributed by atoms with E-state index in [1.54, 1.807) is 53.7 Å². The predicted octanol–water partition coefficient (Wildman–Crippen LogP) is 3.30. The monoisotopic (exact) mass is 456 g/mol. The Hall–Kier alpha value is -2.93. The van der Waals surface area contributed by atoms with Crippen molar-refractivity contribution in [3.05, 3.63) is 64.9 Å². The number of aromatic nitrogens is 1. The minimum atomic E-state index is -0.639. The molecule has 0 aliphatic carbocycles. The van der Waals surface area contributed by atoms with Crippen molar-refractivity contribution in [2.45, 2.75) is 45.2 Å². The fourth-order valence-electron chi connectivity index (χ4n) is 3.72. The van der Waals surface area contributed by atoms with Gasteiger partial charge in [-0.1, -0.05) is 31.9 Å². The van der Waals surface area contributed by atoms with Crippen molar-refractivity contribution < 1.29 is 14.4 Å². The van der Waals surface area contributed by atoms with Gasteiger partial charge in [-0.3, -0.25) is 19.4 Å². The summed E-state index contributed by atoms with van der Waals surface area (Å²) >= 11 is 5.90. The second-order valence-corrected chi connectivity index (χ2v) is 8.59. The fourth-order valence-corrected chi connectivity index (χ4v) is 3.85. The van der Waals surface area contributed by atoms with Gasteiger partial charge in [0.25, 0.3) is 11.8 Å². The zero-order valence-corrected chi connectivity index (χ0v) is 19.1. The van der Waals surface area contributed by atoms with Gasteiger partial charge >= 0.3 is 0 Å². The van der Waals surface area contributed by atoms with E-state index in [-0.39, 0.29) is 29.7 Å². The maximum absolute atomic E-state index is 13.0. The summed E-state index contributed by atoms with van der Waals surface area (Å²) in [5.74, 6) is -0.551. The van der Waals surface area contributed by atoms with Crippen molar-refractivity contribution in [2.75, 3.05) is 13.1 Å². The van der Waals surface area contributed by atoms with Crippen LogP contribution in [0.1, 0.15) is 53.8 Å². The van der Waals surface area contributed by atoms with E-state index in [0.29, 0.717) is 42.1 Å². The molecule has 1 aromatic heterocycles. The Balaban J connectivity index is 1.56. The first-order chi connectivity index (χ1) is 15.4. The molecule has 3 rings (SSSR count). The molecule has 3 amide bonds. The Bertz CT molecular complexity index is 928. The summed E-state index contributed by atoms with van der Waals surface area (Å²) in [5.41, 5.74) is 1.07. The van der Waals surface area contributed by atoms with Gasteiger partial charge in [-0.25, -0.2) is 0 Å². The molecule has 2 N–H and O–H groups in total. The van der Waals surface area contributed by atoms with Crippen LogP contribution in [0.4, 0.5) is 0 Å². The Kier molecular flexibility index (Phi) is 8.22. The largest absolute Gasteiger partial charge is 0.351 e. The molecule has 32 heavy (non-hydrogen) atoms. The molecule has 8 heteroatoms. The number of carbonyl (C=O) groups excluding carboxylic acids is 3. The van der Waals surface area contributed by atoms with Gasteiger partial charge in [-0.2, -0.15) is 0 Å². The van der Waals surface area contributed by atoms with Gasteiger partial charge in [0.15, 0.2) is 0 Å². The Morgan fingerprint density at radius 2 is 1.69 bits per heavy atom. The normalized spacial score (nSPS) is 16.2. The van der Waals surface area contributed by atoms with Gasteiger partial charge in [0.05, 0.1) is 0 Å². The molecule has 0 radical (unpaired) electrons. The number of hydrogen-bond donors (Lipinski definition) is 2. The molecule has 0 bridgehead atoms. The molecule has 2 atom stereocenters. The molecule has 2 aromatic rings. The highest BCUT2D eigenvalue weighted by atomic mass is 35.5. The van der Waals surface area contributed by atoms with Gasteiger partial charge in [0.1, 0.15) is 6.04 Å². The average Bonchev–Trinajstić information content (AvgIpc) is 2.82. The number of nitrogens with zero attached hydrogens (tertiary/aromatic N) is 2. The zero-order valence-electron chi connectivity index (χ0n) is 18.4. The molecule has 1 saturated heterocycles. The lowest BCUT2D eigenvalue weighted by Gasteiger charge is -2.34. The van der Waals surface area contributed by atoms with Crippen molar-refractivity contribution in [2.24, 2.45) is 5.92 Å². The van der Waals surface area contributed by atoms with E-state index in [1.165, 1.54) is 0 Å². The smallest absolute Gasteiger partial charge is 0.253 e. The van der Waals surface area contributed by atoms with Crippen molar-refractivity contribution in [1.29, 1.82) is 0 Å². The van der Waals surface area contributed by atoms with Crippen LogP contribution in [0.3, 0.4) is 0 Å². The topological polar surface area (TPSA) is 91.4 Å². The van der Waals surface area contributed by atoms with Gasteiger partial charge in [0.2, 0.25) is 5.91 Å². The van der Waals surface area contributed by atoms with Crippen LogP contribution in [0.5, 0.6) is 0 Å². The van der Waals surface area contributed by atoms with Gasteiger partial charge in [-0.05, 0) is 55.2 Å². The van der Waals surface area contributed by atoms with Crippen LogP contribution in [0, 0.1) is 5.92 Å². The van der Waals surface area contributed by atoms with Crippen molar-refractivity contribution in [3.63, 3.8) is 0 Å². The first kappa shape index (κ1) is 23.7. The highest BCUT2D eigenvalue weighted by Crippen LogP contribution is 2.16. The number of carbonyl (C=O) groups is 3. The summed E-state index contributed by atoms with van der Waals surface area (Å²) < 4.78 is 0. The Morgan fingerprint density at radius 3 is 2.28 bits per heavy atom. The third-order valence-electron chi connectivity index (χ3n) is 5.94. The van der Waals surface area contributed by atoms with E-state index in [2.05, 4.69) is 15.6 Å². The van der Waals surface area contributed by atoms with E-state index >= 15 is 0 Å². The molecule has 0 saturated carbocycles. The third kappa shape index (κ3) is 6.07. The fraction of sp³-hybridized carbons (Fsp3) is 0.417. The predicted molar refractivity (Wildman–Crippen MR) is 123 cm³/mol. The molecule has 0 spiro atoms. The van der Waals surface area contributed by atoms with Crippen LogP contribution in [-0.4, -0.2) is 52.8 Å². The number of hydrogen-bond acceptors (Lipinski definition) is 4. The van der Waals surface area contributed by atoms with Crippen LogP contribution in [0.2, 0.25) is 5.02 Å². The second-order valence-electron chi connectivity index (χ2n) is 8.15. The molecule has 1 aliphatic heterocycles. The van der Waals surface area contributed by atoms with E-state index in [9.17, 15) is 14.4 Å². The SMILES string of the molecule is CCC(C)C(NC(=O)c1ccc(Cl)cc1)C(=O)NC1CCN(C(=O)c2ccncc2)CC1. The Morgan fingerprint density at radius 1 is 1.06 bits per heavy atom. The number of rotatable bonds is 7. The summed E-state index contributed by atoms with van der Waals surface area (Å²) in [7, 11) is 0. The van der Waals surface area contributed by atoms with Gasteiger partial charge in [0, 0.05) is 47.7 Å². The maximum atomic E-state index is 13.0. The molecule has 1 aliphatic rings. The van der Waals surface area contributed by atoms with Gasteiger partial charge < -0.3 is 15.5 Å². The molecule has 7 nitrogen and oxygen atoms in total. The first-order valence-electron chi connectivity index (χ1n) is 10.9. The highest BCUT2D eigenvalue weighted by molar-refractivity contribution is 6.30. The molecule has 2 heterocycles. The summed E-state index contributed by atoms with van der Waals surface area (Å²) in [6.07, 6.45) is 5.29. The van der Waals surface area contributed by atoms with Crippen LogP contribution < -0.4 is 10.6 Å². The van der Waals surface area contributed by atoms with Crippen molar-refractivity contribution >= 4 is 29.3 Å². The van der Waals surface area contributed by atoms with Crippen LogP contribution in [0.15, 0.2) is 48.8 Å². The summed E-state index contributed by atoms with van der Waals surface area (Å²) in [5, 5.41) is 6.50. The number of halogens is 1. The van der Waals surface area contributed by atoms with Crippen LogP contribution >= 0.6 is 11.6 Å². The second kappa shape index (κ2) is 11.1. The molecule has 1 aromatic carbocycles. The van der Waals surface area contributed by atoms with Gasteiger partial charge in [-0.15, -0.1) is 0 Å². The lowest BCUT2D eigenvalue weighted by molar-refractivity contribution is -0.125.